The van der Waals surface area contributed by atoms with Gasteiger partial charge in [0.1, 0.15) is 17.8 Å². The van der Waals surface area contributed by atoms with Gasteiger partial charge in [0.05, 0.1) is 10.3 Å². The van der Waals surface area contributed by atoms with Crippen LogP contribution in [-0.2, 0) is 4.79 Å². The van der Waals surface area contributed by atoms with E-state index in [1.54, 1.807) is 18.1 Å². The number of piperidine rings is 1. The second-order valence-electron chi connectivity index (χ2n) is 6.79. The fourth-order valence-electron chi connectivity index (χ4n) is 3.56. The number of nitrogens with zero attached hydrogens (tertiary/aromatic N) is 3. The molecule has 4 rings (SSSR count). The van der Waals surface area contributed by atoms with Gasteiger partial charge in [-0.15, -0.1) is 11.8 Å². The Balaban J connectivity index is 1.49. The molecule has 0 spiro atoms. The molecule has 1 fully saturated rings. The molecule has 2 aromatic rings. The third-order valence-electron chi connectivity index (χ3n) is 5.00. The predicted octanol–water partition coefficient (Wildman–Crippen LogP) is 2.00. The summed E-state index contributed by atoms with van der Waals surface area (Å²) in [5.74, 6) is 1.69. The molecule has 1 amide bonds. The number of carbonyl (C=O) groups is 1. The number of rotatable bonds is 4. The monoisotopic (exact) mass is 372 g/mol. The number of nitrogens with one attached hydrogen (secondary N) is 3. The highest BCUT2D eigenvalue weighted by Crippen LogP contribution is 2.29. The van der Waals surface area contributed by atoms with Crippen LogP contribution in [0.4, 0.5) is 5.82 Å². The van der Waals surface area contributed by atoms with Crippen LogP contribution < -0.4 is 15.5 Å². The Morgan fingerprint density at radius 1 is 1.42 bits per heavy atom. The quantitative estimate of drug-likeness (QED) is 0.761. The lowest BCUT2D eigenvalue weighted by molar-refractivity contribution is -0.117. The number of anilines is 1. The van der Waals surface area contributed by atoms with Crippen LogP contribution in [0.1, 0.15) is 26.2 Å². The van der Waals surface area contributed by atoms with Gasteiger partial charge in [0.25, 0.3) is 5.91 Å². The number of hydrogen-bond donors (Lipinski definition) is 3. The molecule has 3 N–H and O–H groups in total. The maximum absolute atomic E-state index is 12.7. The molecule has 2 aromatic heterocycles. The van der Waals surface area contributed by atoms with Crippen molar-refractivity contribution >= 4 is 34.5 Å². The van der Waals surface area contributed by atoms with Crippen molar-refractivity contribution in [2.45, 2.75) is 38.3 Å². The molecule has 1 saturated heterocycles. The molecule has 138 valence electrons. The zero-order chi connectivity index (χ0) is 17.9. The molecule has 2 aliphatic rings. The molecule has 0 aromatic carbocycles. The number of aromatic nitrogens is 3. The number of amides is 1. The topological polar surface area (TPSA) is 85.9 Å². The first kappa shape index (κ1) is 17.4. The standard InChI is InChI=1S/C18H24N6OS/c1-12(14-4-2-3-6-19-14)23-18(25)15-10-24(8-9-26-15)17-13-5-7-20-16(13)21-11-22-17/h5,7,10-12,14,19H,2-4,6,8-9H2,1H3,(H,23,25)(H,20,21,22)/t12?,14-/m0/s1. The summed E-state index contributed by atoms with van der Waals surface area (Å²) in [5, 5.41) is 7.64. The summed E-state index contributed by atoms with van der Waals surface area (Å²) in [4.78, 5) is 27.3. The number of aromatic amines is 1. The summed E-state index contributed by atoms with van der Waals surface area (Å²) in [6.45, 7) is 3.94. The fraction of sp³-hybridized carbons (Fsp3) is 0.500. The van der Waals surface area contributed by atoms with Crippen molar-refractivity contribution in [1.29, 1.82) is 0 Å². The van der Waals surface area contributed by atoms with Crippen LogP contribution in [0.25, 0.3) is 11.0 Å². The van der Waals surface area contributed by atoms with E-state index in [0.717, 1.165) is 47.0 Å². The van der Waals surface area contributed by atoms with Gasteiger partial charge in [0.2, 0.25) is 0 Å². The van der Waals surface area contributed by atoms with Gasteiger partial charge in [-0.3, -0.25) is 4.79 Å². The van der Waals surface area contributed by atoms with E-state index in [2.05, 4.69) is 32.5 Å². The summed E-state index contributed by atoms with van der Waals surface area (Å²) < 4.78 is 0. The molecular formula is C18H24N6OS. The van der Waals surface area contributed by atoms with Gasteiger partial charge in [-0.05, 0) is 32.4 Å². The second kappa shape index (κ2) is 7.67. The van der Waals surface area contributed by atoms with Crippen molar-refractivity contribution in [3.05, 3.63) is 29.7 Å². The fourth-order valence-corrected chi connectivity index (χ4v) is 4.46. The lowest BCUT2D eigenvalue weighted by Crippen LogP contribution is -2.50. The molecule has 0 aliphatic carbocycles. The molecule has 26 heavy (non-hydrogen) atoms. The van der Waals surface area contributed by atoms with Crippen LogP contribution in [0, 0.1) is 0 Å². The number of carbonyl (C=O) groups excluding carboxylic acids is 1. The Hall–Kier alpha value is -2.06. The normalized spacial score (nSPS) is 22.1. The van der Waals surface area contributed by atoms with Crippen molar-refractivity contribution < 1.29 is 4.79 Å². The third-order valence-corrected chi connectivity index (χ3v) is 5.99. The van der Waals surface area contributed by atoms with Crippen LogP contribution in [0.15, 0.2) is 29.7 Å². The van der Waals surface area contributed by atoms with Gasteiger partial charge in [0, 0.05) is 36.8 Å². The van der Waals surface area contributed by atoms with Crippen molar-refractivity contribution in [2.75, 3.05) is 23.7 Å². The van der Waals surface area contributed by atoms with E-state index >= 15 is 0 Å². The predicted molar refractivity (Wildman–Crippen MR) is 105 cm³/mol. The Bertz CT molecular complexity index is 813. The Morgan fingerprint density at radius 2 is 2.35 bits per heavy atom. The van der Waals surface area contributed by atoms with E-state index in [1.165, 1.54) is 12.8 Å². The number of fused-ring (bicyclic) bond motifs is 1. The Labute approximate surface area is 157 Å². The minimum atomic E-state index is -0.000980. The maximum atomic E-state index is 12.7. The van der Waals surface area contributed by atoms with Gasteiger partial charge < -0.3 is 20.5 Å². The molecule has 4 heterocycles. The van der Waals surface area contributed by atoms with Crippen LogP contribution in [0.3, 0.4) is 0 Å². The van der Waals surface area contributed by atoms with E-state index in [9.17, 15) is 4.79 Å². The molecule has 2 aliphatic heterocycles. The SMILES string of the molecule is CC(NC(=O)C1=CN(c2ncnc3[nH]ccc23)CCS1)[C@@H]1CCCCN1. The van der Waals surface area contributed by atoms with Crippen LogP contribution in [-0.4, -0.2) is 51.8 Å². The van der Waals surface area contributed by atoms with Gasteiger partial charge >= 0.3 is 0 Å². The van der Waals surface area contributed by atoms with Gasteiger partial charge in [-0.2, -0.15) is 0 Å². The number of H-pyrrole nitrogens is 1. The molecular weight excluding hydrogens is 348 g/mol. The van der Waals surface area contributed by atoms with E-state index in [0.29, 0.717) is 6.04 Å². The minimum Gasteiger partial charge on any atom is -0.348 e. The van der Waals surface area contributed by atoms with Gasteiger partial charge in [0.15, 0.2) is 0 Å². The van der Waals surface area contributed by atoms with Crippen LogP contribution in [0.5, 0.6) is 0 Å². The lowest BCUT2D eigenvalue weighted by atomic mass is 9.99. The second-order valence-corrected chi connectivity index (χ2v) is 7.93. The zero-order valence-corrected chi connectivity index (χ0v) is 15.7. The highest BCUT2D eigenvalue weighted by Gasteiger charge is 2.25. The largest absolute Gasteiger partial charge is 0.348 e. The lowest BCUT2D eigenvalue weighted by Gasteiger charge is -2.30. The summed E-state index contributed by atoms with van der Waals surface area (Å²) in [6, 6.07) is 2.45. The van der Waals surface area contributed by atoms with Crippen molar-refractivity contribution in [3.8, 4) is 0 Å². The van der Waals surface area contributed by atoms with E-state index in [-0.39, 0.29) is 11.9 Å². The highest BCUT2D eigenvalue weighted by molar-refractivity contribution is 8.04. The molecule has 0 bridgehead atoms. The van der Waals surface area contributed by atoms with Crippen molar-refractivity contribution in [1.82, 2.24) is 25.6 Å². The molecule has 7 nitrogen and oxygen atoms in total. The smallest absolute Gasteiger partial charge is 0.259 e. The first-order valence-corrected chi connectivity index (χ1v) is 10.1. The summed E-state index contributed by atoms with van der Waals surface area (Å²) in [5.41, 5.74) is 0.810. The molecule has 0 saturated carbocycles. The first-order chi connectivity index (χ1) is 12.7. The average molecular weight is 372 g/mol. The molecule has 1 unspecified atom stereocenters. The summed E-state index contributed by atoms with van der Waals surface area (Å²) in [6.07, 6.45) is 8.90. The molecule has 8 heteroatoms. The van der Waals surface area contributed by atoms with E-state index in [4.69, 9.17) is 0 Å². The minimum absolute atomic E-state index is 0.000980. The summed E-state index contributed by atoms with van der Waals surface area (Å²) in [7, 11) is 0. The van der Waals surface area contributed by atoms with Crippen molar-refractivity contribution in [3.63, 3.8) is 0 Å². The third kappa shape index (κ3) is 3.57. The number of thioether (sulfide) groups is 1. The molecule has 2 atom stereocenters. The zero-order valence-electron chi connectivity index (χ0n) is 14.9. The number of hydrogen-bond acceptors (Lipinski definition) is 6. The Morgan fingerprint density at radius 3 is 3.19 bits per heavy atom. The Kier molecular flexibility index (Phi) is 5.12. The van der Waals surface area contributed by atoms with Crippen LogP contribution >= 0.6 is 11.8 Å². The van der Waals surface area contributed by atoms with Gasteiger partial charge in [-0.25, -0.2) is 9.97 Å². The van der Waals surface area contributed by atoms with E-state index < -0.39 is 0 Å². The highest BCUT2D eigenvalue weighted by atomic mass is 32.2. The van der Waals surface area contributed by atoms with Crippen LogP contribution in [0.2, 0.25) is 0 Å². The van der Waals surface area contributed by atoms with Crippen molar-refractivity contribution in [2.24, 2.45) is 0 Å². The van der Waals surface area contributed by atoms with E-state index in [1.807, 2.05) is 23.4 Å². The molecule has 0 radical (unpaired) electrons. The average Bonchev–Trinajstić information content (AvgIpc) is 3.17. The van der Waals surface area contributed by atoms with Gasteiger partial charge in [-0.1, -0.05) is 6.42 Å². The maximum Gasteiger partial charge on any atom is 0.259 e. The first-order valence-electron chi connectivity index (χ1n) is 9.16. The summed E-state index contributed by atoms with van der Waals surface area (Å²) >= 11 is 1.60.